The molecule has 0 aromatic heterocycles. The summed E-state index contributed by atoms with van der Waals surface area (Å²) in [5.74, 6) is -0.0375. The van der Waals surface area contributed by atoms with Crippen molar-refractivity contribution in [2.45, 2.75) is 6.54 Å². The normalized spacial score (nSPS) is 10.2. The summed E-state index contributed by atoms with van der Waals surface area (Å²) in [6, 6.07) is 14.9. The highest BCUT2D eigenvalue weighted by molar-refractivity contribution is 9.10. The number of nitrogens with zero attached hydrogens (tertiary/aromatic N) is 1. The van der Waals surface area contributed by atoms with Gasteiger partial charge in [0.25, 0.3) is 5.91 Å². The molecule has 0 bridgehead atoms. The maximum atomic E-state index is 12.4. The quantitative estimate of drug-likeness (QED) is 0.848. The first-order chi connectivity index (χ1) is 9.97. The molecule has 0 aliphatic carbocycles. The highest BCUT2D eigenvalue weighted by Gasteiger charge is 2.12. The van der Waals surface area contributed by atoms with Gasteiger partial charge in [0.1, 0.15) is 4.99 Å². The lowest BCUT2D eigenvalue weighted by Gasteiger charge is -2.17. The fraction of sp³-hybridized carbons (Fsp3) is 0.125. The maximum absolute atomic E-state index is 12.4. The van der Waals surface area contributed by atoms with Crippen molar-refractivity contribution in [3.8, 4) is 0 Å². The topological polar surface area (TPSA) is 46.3 Å². The lowest BCUT2D eigenvalue weighted by molar-refractivity contribution is 0.0785. The number of thiocarbonyl (C=S) groups is 1. The number of hydrogen-bond donors (Lipinski definition) is 1. The van der Waals surface area contributed by atoms with Gasteiger partial charge in [-0.3, -0.25) is 4.79 Å². The molecule has 0 fully saturated rings. The van der Waals surface area contributed by atoms with Crippen LogP contribution in [0.1, 0.15) is 21.5 Å². The van der Waals surface area contributed by atoms with Crippen LogP contribution in [-0.2, 0) is 6.54 Å². The zero-order chi connectivity index (χ0) is 15.4. The number of halogens is 1. The van der Waals surface area contributed by atoms with Gasteiger partial charge in [0.05, 0.1) is 0 Å². The fourth-order valence-corrected chi connectivity index (χ4v) is 2.56. The van der Waals surface area contributed by atoms with Crippen LogP contribution in [0, 0.1) is 0 Å². The molecule has 0 saturated carbocycles. The van der Waals surface area contributed by atoms with Crippen LogP contribution in [0.25, 0.3) is 0 Å². The van der Waals surface area contributed by atoms with Crippen molar-refractivity contribution < 1.29 is 4.79 Å². The lowest BCUT2D eigenvalue weighted by Crippen LogP contribution is -2.26. The summed E-state index contributed by atoms with van der Waals surface area (Å²) >= 11 is 8.33. The van der Waals surface area contributed by atoms with Crippen molar-refractivity contribution in [1.82, 2.24) is 4.90 Å². The number of carbonyl (C=O) groups is 1. The summed E-state index contributed by atoms with van der Waals surface area (Å²) < 4.78 is 1.00. The molecule has 0 saturated heterocycles. The van der Waals surface area contributed by atoms with Crippen molar-refractivity contribution in [1.29, 1.82) is 0 Å². The molecule has 0 spiro atoms. The molecule has 2 N–H and O–H groups in total. The predicted molar refractivity (Wildman–Crippen MR) is 92.3 cm³/mol. The Balaban J connectivity index is 2.10. The molecular weight excluding hydrogens is 348 g/mol. The summed E-state index contributed by atoms with van der Waals surface area (Å²) in [6.07, 6.45) is 0. The van der Waals surface area contributed by atoms with Crippen molar-refractivity contribution >= 4 is 39.0 Å². The van der Waals surface area contributed by atoms with E-state index in [9.17, 15) is 4.79 Å². The molecular formula is C16H15BrN2OS. The van der Waals surface area contributed by atoms with E-state index in [0.717, 1.165) is 15.6 Å². The van der Waals surface area contributed by atoms with Crippen LogP contribution in [-0.4, -0.2) is 22.8 Å². The maximum Gasteiger partial charge on any atom is 0.253 e. The second kappa shape index (κ2) is 6.83. The summed E-state index contributed by atoms with van der Waals surface area (Å²) in [7, 11) is 1.78. The molecule has 3 nitrogen and oxygen atoms in total. The van der Waals surface area contributed by atoms with E-state index >= 15 is 0 Å². The van der Waals surface area contributed by atoms with Crippen molar-refractivity contribution in [3.05, 3.63) is 69.7 Å². The molecule has 0 atom stereocenters. The monoisotopic (exact) mass is 362 g/mol. The third-order valence-corrected chi connectivity index (χ3v) is 3.80. The van der Waals surface area contributed by atoms with Gasteiger partial charge < -0.3 is 10.6 Å². The number of nitrogens with two attached hydrogens (primary N) is 1. The summed E-state index contributed by atoms with van der Waals surface area (Å²) in [5.41, 5.74) is 8.00. The van der Waals surface area contributed by atoms with Crippen LogP contribution in [0.15, 0.2) is 53.0 Å². The Bertz CT molecular complexity index is 670. The van der Waals surface area contributed by atoms with E-state index in [4.69, 9.17) is 18.0 Å². The number of carbonyl (C=O) groups excluding carboxylic acids is 1. The third kappa shape index (κ3) is 4.12. The average molecular weight is 363 g/mol. The van der Waals surface area contributed by atoms with Gasteiger partial charge in [0.15, 0.2) is 0 Å². The van der Waals surface area contributed by atoms with E-state index in [1.165, 1.54) is 0 Å². The molecule has 0 aliphatic rings. The van der Waals surface area contributed by atoms with Gasteiger partial charge >= 0.3 is 0 Å². The number of hydrogen-bond acceptors (Lipinski definition) is 2. The van der Waals surface area contributed by atoms with Crippen LogP contribution >= 0.6 is 28.1 Å². The van der Waals surface area contributed by atoms with E-state index < -0.39 is 0 Å². The molecule has 108 valence electrons. The molecule has 0 aliphatic heterocycles. The molecule has 2 aromatic carbocycles. The van der Waals surface area contributed by atoms with E-state index in [-0.39, 0.29) is 5.91 Å². The van der Waals surface area contributed by atoms with Crippen LogP contribution in [0.4, 0.5) is 0 Å². The summed E-state index contributed by atoms with van der Waals surface area (Å²) in [5, 5.41) is 0. The fourth-order valence-electron chi connectivity index (χ4n) is 1.98. The van der Waals surface area contributed by atoms with Gasteiger partial charge in [0.2, 0.25) is 0 Å². The van der Waals surface area contributed by atoms with Gasteiger partial charge in [-0.15, -0.1) is 0 Å². The molecule has 2 rings (SSSR count). The van der Waals surface area contributed by atoms with Crippen LogP contribution in [0.2, 0.25) is 0 Å². The second-order valence-electron chi connectivity index (χ2n) is 4.73. The van der Waals surface area contributed by atoms with Crippen LogP contribution in [0.3, 0.4) is 0 Å². The van der Waals surface area contributed by atoms with Gasteiger partial charge in [-0.2, -0.15) is 0 Å². The zero-order valence-corrected chi connectivity index (χ0v) is 13.9. The molecule has 1 amide bonds. The largest absolute Gasteiger partial charge is 0.389 e. The SMILES string of the molecule is CN(Cc1cccc(Br)c1)C(=O)c1ccc(C(N)=S)cc1. The highest BCUT2D eigenvalue weighted by atomic mass is 79.9. The molecule has 0 radical (unpaired) electrons. The van der Waals surface area contributed by atoms with Crippen molar-refractivity contribution in [3.63, 3.8) is 0 Å². The Morgan fingerprint density at radius 3 is 2.38 bits per heavy atom. The lowest BCUT2D eigenvalue weighted by atomic mass is 10.1. The summed E-state index contributed by atoms with van der Waals surface area (Å²) in [6.45, 7) is 0.551. The Morgan fingerprint density at radius 1 is 1.19 bits per heavy atom. The Labute approximate surface area is 137 Å². The molecule has 5 heteroatoms. The molecule has 0 unspecified atom stereocenters. The van der Waals surface area contributed by atoms with Crippen molar-refractivity contribution in [2.24, 2.45) is 5.73 Å². The van der Waals surface area contributed by atoms with E-state index in [1.54, 1.807) is 36.2 Å². The van der Waals surface area contributed by atoms with E-state index in [0.29, 0.717) is 17.1 Å². The minimum Gasteiger partial charge on any atom is -0.389 e. The second-order valence-corrected chi connectivity index (χ2v) is 6.09. The Hall–Kier alpha value is -1.72. The first-order valence-corrected chi connectivity index (χ1v) is 7.57. The standard InChI is InChI=1S/C16H15BrN2OS/c1-19(10-11-3-2-4-14(17)9-11)16(20)13-7-5-12(6-8-13)15(18)21/h2-9H,10H2,1H3,(H2,18,21). The minimum absolute atomic E-state index is 0.0375. The first kappa shape index (κ1) is 15.7. The smallest absolute Gasteiger partial charge is 0.253 e. The van der Waals surface area contributed by atoms with E-state index in [2.05, 4.69) is 15.9 Å². The van der Waals surface area contributed by atoms with Gasteiger partial charge in [-0.05, 0) is 29.8 Å². The van der Waals surface area contributed by atoms with Crippen molar-refractivity contribution in [2.75, 3.05) is 7.05 Å². The minimum atomic E-state index is -0.0375. The Kier molecular flexibility index (Phi) is 5.09. The highest BCUT2D eigenvalue weighted by Crippen LogP contribution is 2.14. The Morgan fingerprint density at radius 2 is 1.81 bits per heavy atom. The van der Waals surface area contributed by atoms with Gasteiger partial charge in [-0.1, -0.05) is 52.4 Å². The average Bonchev–Trinajstić information content (AvgIpc) is 2.46. The van der Waals surface area contributed by atoms with Crippen LogP contribution in [0.5, 0.6) is 0 Å². The van der Waals surface area contributed by atoms with Gasteiger partial charge in [0, 0.05) is 29.2 Å². The summed E-state index contributed by atoms with van der Waals surface area (Å²) in [4.78, 5) is 14.4. The third-order valence-electron chi connectivity index (χ3n) is 3.07. The van der Waals surface area contributed by atoms with Gasteiger partial charge in [-0.25, -0.2) is 0 Å². The number of amides is 1. The van der Waals surface area contributed by atoms with Crippen LogP contribution < -0.4 is 5.73 Å². The number of benzene rings is 2. The van der Waals surface area contributed by atoms with E-state index in [1.807, 2.05) is 24.3 Å². The predicted octanol–water partition coefficient (Wildman–Crippen LogP) is 3.36. The molecule has 2 aromatic rings. The zero-order valence-electron chi connectivity index (χ0n) is 11.5. The molecule has 21 heavy (non-hydrogen) atoms. The number of rotatable bonds is 4. The molecule has 0 heterocycles. The first-order valence-electron chi connectivity index (χ1n) is 6.37.